The highest BCUT2D eigenvalue weighted by molar-refractivity contribution is 6.29. The molecule has 3 fully saturated rings. The molecule has 0 amide bonds. The van der Waals surface area contributed by atoms with Gasteiger partial charge < -0.3 is 43.4 Å². The molecular weight excluding hydrogens is 822 g/mol. The predicted molar refractivity (Wildman–Crippen MR) is 247 cm³/mol. The van der Waals surface area contributed by atoms with Crippen molar-refractivity contribution in [1.29, 1.82) is 0 Å². The summed E-state index contributed by atoms with van der Waals surface area (Å²) in [6, 6.07) is 25.6. The molecule has 0 saturated carbocycles. The molecule has 1 aromatic carbocycles. The Morgan fingerprint density at radius 3 is 1.70 bits per heavy atom. The summed E-state index contributed by atoms with van der Waals surface area (Å²) < 4.78 is 27.4. The highest BCUT2D eigenvalue weighted by Gasteiger charge is 2.22. The van der Waals surface area contributed by atoms with E-state index in [1.165, 1.54) is 6.07 Å². The quantitative estimate of drug-likeness (QED) is 0.162. The van der Waals surface area contributed by atoms with Gasteiger partial charge in [-0.1, -0.05) is 23.7 Å². The van der Waals surface area contributed by atoms with Gasteiger partial charge in [0.1, 0.15) is 17.5 Å². The number of halogens is 1. The Morgan fingerprint density at radius 2 is 1.14 bits per heavy atom. The highest BCUT2D eigenvalue weighted by Crippen LogP contribution is 2.26. The van der Waals surface area contributed by atoms with Crippen LogP contribution in [0.2, 0.25) is 5.15 Å². The third-order valence-electron chi connectivity index (χ3n) is 11.2. The molecule has 0 unspecified atom stereocenters. The Morgan fingerprint density at radius 1 is 0.635 bits per heavy atom. The van der Waals surface area contributed by atoms with Crippen LogP contribution in [-0.4, -0.2) is 114 Å². The fourth-order valence-electron chi connectivity index (χ4n) is 7.74. The number of methoxy groups -OCH3 is 1. The molecule has 0 spiro atoms. The van der Waals surface area contributed by atoms with Crippen LogP contribution in [-0.2, 0) is 20.8 Å². The number of hydrogen-bond acceptors (Lipinski definition) is 14. The van der Waals surface area contributed by atoms with E-state index in [1.54, 1.807) is 19.2 Å². The molecule has 3 aliphatic rings. The summed E-state index contributed by atoms with van der Waals surface area (Å²) in [5.74, 6) is 1.42. The van der Waals surface area contributed by atoms with Crippen molar-refractivity contribution in [3.8, 4) is 11.6 Å². The van der Waals surface area contributed by atoms with Gasteiger partial charge in [0.2, 0.25) is 11.4 Å². The first-order chi connectivity index (χ1) is 30.7. The molecule has 16 heteroatoms. The molecule has 3 aliphatic heterocycles. The molecule has 0 aliphatic carbocycles. The van der Waals surface area contributed by atoms with Gasteiger partial charge in [-0.2, -0.15) is 0 Å². The van der Waals surface area contributed by atoms with Gasteiger partial charge in [0, 0.05) is 49.9 Å². The smallest absolute Gasteiger partial charge is 0.248 e. The summed E-state index contributed by atoms with van der Waals surface area (Å²) in [7, 11) is 1.66. The summed E-state index contributed by atoms with van der Waals surface area (Å²) in [6.07, 6.45) is 5.64. The van der Waals surface area contributed by atoms with Crippen LogP contribution >= 0.6 is 11.6 Å². The third-order valence-corrected chi connectivity index (χ3v) is 11.4. The van der Waals surface area contributed by atoms with Crippen molar-refractivity contribution < 1.29 is 23.7 Å². The monoisotopic (exact) mass is 873 g/mol. The summed E-state index contributed by atoms with van der Waals surface area (Å²) >= 11 is 5.91. The number of aromatic amines is 1. The number of benzene rings is 1. The lowest BCUT2D eigenvalue weighted by Gasteiger charge is -2.35. The Labute approximate surface area is 370 Å². The van der Waals surface area contributed by atoms with Gasteiger partial charge in [0.05, 0.1) is 116 Å². The average molecular weight is 874 g/mol. The Kier molecular flexibility index (Phi) is 14.1. The van der Waals surface area contributed by atoms with Crippen LogP contribution in [0, 0.1) is 0 Å². The van der Waals surface area contributed by atoms with E-state index >= 15 is 0 Å². The molecule has 7 aromatic rings. The molecule has 6 aromatic heterocycles. The maximum Gasteiger partial charge on any atom is 0.248 e. The van der Waals surface area contributed by atoms with E-state index in [2.05, 4.69) is 71.4 Å². The second-order valence-electron chi connectivity index (χ2n) is 15.7. The maximum atomic E-state index is 11.3. The van der Waals surface area contributed by atoms with E-state index in [0.717, 1.165) is 121 Å². The van der Waals surface area contributed by atoms with Crippen LogP contribution in [0.15, 0.2) is 102 Å². The Hall–Kier alpha value is -6.13. The van der Waals surface area contributed by atoms with E-state index in [-0.39, 0.29) is 5.56 Å². The van der Waals surface area contributed by atoms with Gasteiger partial charge in [0.15, 0.2) is 0 Å². The maximum absolute atomic E-state index is 11.3. The van der Waals surface area contributed by atoms with Crippen molar-refractivity contribution in [2.24, 2.45) is 0 Å². The van der Waals surface area contributed by atoms with Crippen molar-refractivity contribution in [3.63, 3.8) is 0 Å². The van der Waals surface area contributed by atoms with E-state index in [4.69, 9.17) is 35.3 Å². The minimum absolute atomic E-state index is 0.100. The Bertz CT molecular complexity index is 2690. The number of ether oxygens (including phenoxy) is 5. The number of morpholine rings is 3. The molecule has 0 radical (unpaired) electrons. The van der Waals surface area contributed by atoms with Gasteiger partial charge in [-0.25, -0.2) is 9.97 Å². The number of hydrogen-bond donors (Lipinski definition) is 1. The van der Waals surface area contributed by atoms with Crippen molar-refractivity contribution in [2.75, 3.05) is 81.1 Å². The van der Waals surface area contributed by atoms with Gasteiger partial charge >= 0.3 is 0 Å². The highest BCUT2D eigenvalue weighted by atomic mass is 35.5. The normalized spacial score (nSPS) is 18.9. The number of aromatic nitrogens is 6. The summed E-state index contributed by atoms with van der Waals surface area (Å²) in [5, 5.41) is 0.497. The molecule has 10 rings (SSSR count). The lowest BCUT2D eigenvalue weighted by Crippen LogP contribution is -2.43. The lowest BCUT2D eigenvalue weighted by atomic mass is 10.2. The zero-order chi connectivity index (χ0) is 43.7. The molecule has 63 heavy (non-hydrogen) atoms. The van der Waals surface area contributed by atoms with E-state index < -0.39 is 0 Å². The number of nitrogens with one attached hydrogen (secondary N) is 1. The third kappa shape index (κ3) is 10.9. The van der Waals surface area contributed by atoms with Gasteiger partial charge in [-0.15, -0.1) is 0 Å². The van der Waals surface area contributed by atoms with Crippen molar-refractivity contribution in [1.82, 2.24) is 29.9 Å². The number of fused-ring (bicyclic) bond motifs is 3. The number of pyridine rings is 6. The zero-order valence-electron chi connectivity index (χ0n) is 35.9. The SMILES string of the molecule is COc1ccc(COc2ccc3ncc(N4CCOC[C@H]4C)cc3n2)cc1.C[C@@H]1COCCN1c1cnc2ccc(=O)[nH]c2c1.C[C@@H]1COCCN1c1cnc2ccc(Cl)nc2c1. The van der Waals surface area contributed by atoms with Gasteiger partial charge in [0.25, 0.3) is 0 Å². The lowest BCUT2D eigenvalue weighted by molar-refractivity contribution is 0.0989. The standard InChI is InChI=1S/C21H23N3O3.C13H14ClN3O.C13H15N3O2/c1-15-13-26-10-9-24(15)17-11-20-19(22-12-17)7-8-21(23-20)27-14-16-3-5-18(25-2)6-4-16;1-9-8-18-5-4-17(9)10-6-12-11(15-7-10)2-3-13(14)16-12;1-9-8-18-5-4-16(9)10-6-12-11(14-7-10)2-3-13(17)15-12/h3-8,11-12,15H,9-10,13-14H2,1-2H3;2-3,6-7,9H,4-5,8H2,1H3;2-3,6-7,9H,4-5,8H2,1H3,(H,15,17)/t15-;2*9-/m111/s1. The number of H-pyrrole nitrogens is 1. The van der Waals surface area contributed by atoms with Crippen LogP contribution in [0.4, 0.5) is 17.1 Å². The molecule has 1 N–H and O–H groups in total. The molecule has 9 heterocycles. The second-order valence-corrected chi connectivity index (χ2v) is 16.1. The average Bonchev–Trinajstić information content (AvgIpc) is 3.31. The first-order valence-corrected chi connectivity index (χ1v) is 21.6. The largest absolute Gasteiger partial charge is 0.497 e. The fraction of sp³-hybridized carbons (Fsp3) is 0.362. The molecule has 3 atom stereocenters. The predicted octanol–water partition coefficient (Wildman–Crippen LogP) is 7.10. The zero-order valence-corrected chi connectivity index (χ0v) is 36.7. The minimum Gasteiger partial charge on any atom is -0.497 e. The number of nitrogens with zero attached hydrogens (tertiary/aromatic N) is 8. The first-order valence-electron chi connectivity index (χ1n) is 21.2. The summed E-state index contributed by atoms with van der Waals surface area (Å²) in [5.41, 5.74) is 9.10. The van der Waals surface area contributed by atoms with Gasteiger partial charge in [-0.3, -0.25) is 19.7 Å². The van der Waals surface area contributed by atoms with E-state index in [1.807, 2.05) is 73.2 Å². The van der Waals surface area contributed by atoms with E-state index in [0.29, 0.717) is 35.8 Å². The minimum atomic E-state index is -0.100. The number of anilines is 3. The first kappa shape index (κ1) is 43.5. The molecular formula is C47H52ClN9O6. The molecule has 328 valence electrons. The molecule has 15 nitrogen and oxygen atoms in total. The molecule has 3 saturated heterocycles. The topological polar surface area (TPSA) is 153 Å². The molecule has 0 bridgehead atoms. The number of rotatable bonds is 7. The van der Waals surface area contributed by atoms with Crippen LogP contribution in [0.25, 0.3) is 33.1 Å². The van der Waals surface area contributed by atoms with Crippen molar-refractivity contribution in [3.05, 3.63) is 119 Å². The van der Waals surface area contributed by atoms with Gasteiger partial charge in [-0.05, 0) is 80.9 Å². The second kappa shape index (κ2) is 20.4. The van der Waals surface area contributed by atoms with Crippen LogP contribution in [0.5, 0.6) is 11.6 Å². The van der Waals surface area contributed by atoms with E-state index in [9.17, 15) is 4.79 Å². The van der Waals surface area contributed by atoms with Crippen molar-refractivity contribution >= 4 is 61.8 Å². The van der Waals surface area contributed by atoms with Crippen LogP contribution in [0.1, 0.15) is 26.3 Å². The Balaban J connectivity index is 0.000000134. The summed E-state index contributed by atoms with van der Waals surface area (Å²) in [4.78, 5) is 43.3. The van der Waals surface area contributed by atoms with Crippen LogP contribution < -0.4 is 29.7 Å². The fourth-order valence-corrected chi connectivity index (χ4v) is 7.89. The van der Waals surface area contributed by atoms with Crippen LogP contribution in [0.3, 0.4) is 0 Å². The van der Waals surface area contributed by atoms with Crippen molar-refractivity contribution in [2.45, 2.75) is 45.5 Å². The summed E-state index contributed by atoms with van der Waals surface area (Å²) in [6.45, 7) is 13.9.